The first kappa shape index (κ1) is 14.2. The fraction of sp³-hybridized carbons (Fsp3) is 0.143. The van der Waals surface area contributed by atoms with Gasteiger partial charge in [0, 0.05) is 17.3 Å². The molecule has 2 aromatic rings. The summed E-state index contributed by atoms with van der Waals surface area (Å²) < 4.78 is 24.2. The summed E-state index contributed by atoms with van der Waals surface area (Å²) in [6, 6.07) is 10.6. The third-order valence-electron chi connectivity index (χ3n) is 2.80. The number of aromatic nitrogens is 1. The number of benzene rings is 1. The molecule has 0 aliphatic rings. The third kappa shape index (κ3) is 3.21. The molecule has 2 rings (SSSR count). The second-order valence-electron chi connectivity index (χ2n) is 4.40. The zero-order chi connectivity index (χ0) is 14.8. The molecule has 0 saturated heterocycles. The molecule has 0 aliphatic heterocycles. The Balaban J connectivity index is 2.46. The highest BCUT2D eigenvalue weighted by molar-refractivity contribution is 7.89. The molecule has 20 heavy (non-hydrogen) atoms. The molecule has 0 saturated carbocycles. The highest BCUT2D eigenvalue weighted by Gasteiger charge is 2.15. The van der Waals surface area contributed by atoms with Crippen molar-refractivity contribution < 1.29 is 13.2 Å². The summed E-state index contributed by atoms with van der Waals surface area (Å²) in [7, 11) is -3.58. The van der Waals surface area contributed by atoms with Crippen molar-refractivity contribution >= 4 is 15.9 Å². The summed E-state index contributed by atoms with van der Waals surface area (Å²) in [5.41, 5.74) is 2.54. The van der Waals surface area contributed by atoms with E-state index in [1.807, 2.05) is 22.9 Å². The molecule has 0 radical (unpaired) electrons. The zero-order valence-corrected chi connectivity index (χ0v) is 11.9. The van der Waals surface area contributed by atoms with Gasteiger partial charge in [0.25, 0.3) is 5.91 Å². The second-order valence-corrected chi connectivity index (χ2v) is 6.14. The van der Waals surface area contributed by atoms with Crippen LogP contribution in [0.15, 0.2) is 42.6 Å². The molecule has 1 aromatic heterocycles. The predicted molar refractivity (Wildman–Crippen MR) is 76.7 cm³/mol. The van der Waals surface area contributed by atoms with E-state index in [1.165, 1.54) is 0 Å². The minimum atomic E-state index is -3.58. The first-order valence-corrected chi connectivity index (χ1v) is 7.81. The Morgan fingerprint density at radius 3 is 2.50 bits per heavy atom. The number of carbonyl (C=O) groups excluding carboxylic acids is 1. The molecule has 0 spiro atoms. The summed E-state index contributed by atoms with van der Waals surface area (Å²) in [6.07, 6.45) is 2.61. The molecule has 1 aromatic carbocycles. The minimum Gasteiger partial charge on any atom is -0.268 e. The van der Waals surface area contributed by atoms with Crippen molar-refractivity contribution in [2.45, 2.75) is 6.92 Å². The van der Waals surface area contributed by atoms with Crippen LogP contribution >= 0.6 is 0 Å². The molecule has 0 atom stereocenters. The highest BCUT2D eigenvalue weighted by atomic mass is 32.2. The van der Waals surface area contributed by atoms with Crippen LogP contribution in [-0.2, 0) is 10.0 Å². The van der Waals surface area contributed by atoms with Gasteiger partial charge in [0.15, 0.2) is 0 Å². The molecule has 5 nitrogen and oxygen atoms in total. The summed E-state index contributed by atoms with van der Waals surface area (Å²) >= 11 is 0. The minimum absolute atomic E-state index is 0.318. The van der Waals surface area contributed by atoms with Crippen LogP contribution in [0.25, 0.3) is 11.3 Å². The third-order valence-corrected chi connectivity index (χ3v) is 3.35. The largest absolute Gasteiger partial charge is 0.268 e. The number of nitrogens with zero attached hydrogens (tertiary/aromatic N) is 1. The Bertz CT molecular complexity index is 740. The Labute approximate surface area is 117 Å². The quantitative estimate of drug-likeness (QED) is 0.934. The predicted octanol–water partition coefficient (Wildman–Crippen LogP) is 1.75. The van der Waals surface area contributed by atoms with E-state index >= 15 is 0 Å². The number of hydrogen-bond donors (Lipinski definition) is 1. The first-order valence-electron chi connectivity index (χ1n) is 5.91. The van der Waals surface area contributed by atoms with E-state index in [2.05, 4.69) is 4.98 Å². The van der Waals surface area contributed by atoms with Gasteiger partial charge in [0.2, 0.25) is 10.0 Å². The summed E-state index contributed by atoms with van der Waals surface area (Å²) in [6.45, 7) is 1.77. The number of sulfonamides is 1. The van der Waals surface area contributed by atoms with Crippen molar-refractivity contribution in [3.63, 3.8) is 0 Å². The van der Waals surface area contributed by atoms with Crippen molar-refractivity contribution in [2.75, 3.05) is 6.26 Å². The van der Waals surface area contributed by atoms with Gasteiger partial charge in [0.1, 0.15) is 0 Å². The fourth-order valence-electron chi connectivity index (χ4n) is 1.90. The standard InChI is InChI=1S/C14H14N2O3S/c1-10-11(13-8-3-4-9-15-13)6-5-7-12(10)14(17)16-20(2,18)19/h3-9H,1-2H3,(H,16,17). The van der Waals surface area contributed by atoms with Gasteiger partial charge in [0.05, 0.1) is 11.9 Å². The van der Waals surface area contributed by atoms with Crippen molar-refractivity contribution in [3.8, 4) is 11.3 Å². The van der Waals surface area contributed by atoms with Crippen LogP contribution in [0.2, 0.25) is 0 Å². The van der Waals surface area contributed by atoms with Crippen LogP contribution in [0.5, 0.6) is 0 Å². The van der Waals surface area contributed by atoms with Crippen LogP contribution in [-0.4, -0.2) is 25.6 Å². The Hall–Kier alpha value is -2.21. The molecule has 1 N–H and O–H groups in total. The average molecular weight is 290 g/mol. The molecule has 104 valence electrons. The van der Waals surface area contributed by atoms with E-state index in [0.717, 1.165) is 17.5 Å². The number of rotatable bonds is 3. The normalized spacial score (nSPS) is 11.1. The number of hydrogen-bond acceptors (Lipinski definition) is 4. The molecular formula is C14H14N2O3S. The van der Waals surface area contributed by atoms with Gasteiger partial charge in [-0.1, -0.05) is 18.2 Å². The highest BCUT2D eigenvalue weighted by Crippen LogP contribution is 2.23. The molecule has 6 heteroatoms. The Morgan fingerprint density at radius 2 is 1.90 bits per heavy atom. The summed E-state index contributed by atoms with van der Waals surface area (Å²) in [5.74, 6) is -0.636. The molecular weight excluding hydrogens is 276 g/mol. The van der Waals surface area contributed by atoms with Crippen molar-refractivity contribution in [2.24, 2.45) is 0 Å². The number of carbonyl (C=O) groups is 1. The van der Waals surface area contributed by atoms with E-state index in [4.69, 9.17) is 0 Å². The monoisotopic (exact) mass is 290 g/mol. The maximum Gasteiger partial charge on any atom is 0.265 e. The van der Waals surface area contributed by atoms with Gasteiger partial charge in [-0.15, -0.1) is 0 Å². The molecule has 0 fully saturated rings. The van der Waals surface area contributed by atoms with Crippen molar-refractivity contribution in [1.82, 2.24) is 9.71 Å². The summed E-state index contributed by atoms with van der Waals surface area (Å²) in [4.78, 5) is 16.2. The lowest BCUT2D eigenvalue weighted by Crippen LogP contribution is -2.29. The smallest absolute Gasteiger partial charge is 0.265 e. The first-order chi connectivity index (χ1) is 9.38. The van der Waals surface area contributed by atoms with Crippen molar-refractivity contribution in [1.29, 1.82) is 0 Å². The Kier molecular flexibility index (Phi) is 3.85. The van der Waals surface area contributed by atoms with Gasteiger partial charge < -0.3 is 0 Å². The molecule has 0 bridgehead atoms. The number of nitrogens with one attached hydrogen (secondary N) is 1. The SMILES string of the molecule is Cc1c(C(=O)NS(C)(=O)=O)cccc1-c1ccccn1. The maximum atomic E-state index is 12.0. The molecule has 1 amide bonds. The lowest BCUT2D eigenvalue weighted by molar-refractivity contribution is 0.0981. The molecule has 0 aliphatic carbocycles. The van der Waals surface area contributed by atoms with E-state index in [9.17, 15) is 13.2 Å². The van der Waals surface area contributed by atoms with E-state index in [1.54, 1.807) is 31.3 Å². The number of amides is 1. The van der Waals surface area contributed by atoms with Gasteiger partial charge in [-0.05, 0) is 30.7 Å². The fourth-order valence-corrected chi connectivity index (χ4v) is 2.35. The lowest BCUT2D eigenvalue weighted by Gasteiger charge is -2.10. The second kappa shape index (κ2) is 5.42. The van der Waals surface area contributed by atoms with E-state index in [0.29, 0.717) is 11.1 Å². The number of pyridine rings is 1. The molecule has 1 heterocycles. The van der Waals surface area contributed by atoms with Crippen LogP contribution in [0, 0.1) is 6.92 Å². The van der Waals surface area contributed by atoms with Crippen LogP contribution in [0.1, 0.15) is 15.9 Å². The van der Waals surface area contributed by atoms with Gasteiger partial charge in [-0.2, -0.15) is 0 Å². The van der Waals surface area contributed by atoms with E-state index in [-0.39, 0.29) is 0 Å². The van der Waals surface area contributed by atoms with Gasteiger partial charge in [-0.3, -0.25) is 9.78 Å². The zero-order valence-electron chi connectivity index (χ0n) is 11.1. The van der Waals surface area contributed by atoms with Crippen LogP contribution in [0.3, 0.4) is 0 Å². The maximum absolute atomic E-state index is 12.0. The lowest BCUT2D eigenvalue weighted by atomic mass is 9.99. The average Bonchev–Trinajstić information content (AvgIpc) is 2.38. The van der Waals surface area contributed by atoms with Crippen molar-refractivity contribution in [3.05, 3.63) is 53.7 Å². The topological polar surface area (TPSA) is 76.1 Å². The van der Waals surface area contributed by atoms with Crippen LogP contribution < -0.4 is 4.72 Å². The van der Waals surface area contributed by atoms with E-state index < -0.39 is 15.9 Å². The molecule has 0 unspecified atom stereocenters. The Morgan fingerprint density at radius 1 is 1.15 bits per heavy atom. The van der Waals surface area contributed by atoms with Gasteiger partial charge in [-0.25, -0.2) is 13.1 Å². The van der Waals surface area contributed by atoms with Crippen LogP contribution in [0.4, 0.5) is 0 Å². The van der Waals surface area contributed by atoms with Gasteiger partial charge >= 0.3 is 0 Å². The summed E-state index contributed by atoms with van der Waals surface area (Å²) in [5, 5.41) is 0.